The molecule has 0 saturated carbocycles. The maximum atomic E-state index is 12.9. The van der Waals surface area contributed by atoms with Crippen molar-refractivity contribution in [3.05, 3.63) is 47.5 Å². The van der Waals surface area contributed by atoms with Gasteiger partial charge in [-0.3, -0.25) is 9.52 Å². The Morgan fingerprint density at radius 3 is 2.46 bits per heavy atom. The number of hydrogen-bond donors (Lipinski definition) is 1. The van der Waals surface area contributed by atoms with Crippen LogP contribution in [0.15, 0.2) is 41.3 Å². The number of nitrogens with one attached hydrogen (secondary N) is 1. The molecular formula is C21H24N2O4S. The number of sulfonamides is 1. The van der Waals surface area contributed by atoms with E-state index in [2.05, 4.69) is 4.72 Å². The Morgan fingerprint density at radius 1 is 0.964 bits per heavy atom. The number of amides is 1. The SMILES string of the molecule is COc1cc(NS(=O)(=O)c2ccc3c(c2)CCCC3)ccc1N1CCCC1=O. The third kappa shape index (κ3) is 3.58. The average molecular weight is 401 g/mol. The van der Waals surface area contributed by atoms with Crippen molar-refractivity contribution in [2.24, 2.45) is 0 Å². The highest BCUT2D eigenvalue weighted by atomic mass is 32.2. The Kier molecular flexibility index (Phi) is 5.02. The molecule has 1 aliphatic heterocycles. The average Bonchev–Trinajstić information content (AvgIpc) is 3.13. The maximum absolute atomic E-state index is 12.9. The van der Waals surface area contributed by atoms with Crippen LogP contribution in [-0.2, 0) is 27.7 Å². The normalized spacial score (nSPS) is 16.8. The molecule has 2 aromatic rings. The lowest BCUT2D eigenvalue weighted by Gasteiger charge is -2.20. The minimum absolute atomic E-state index is 0.0562. The van der Waals surface area contributed by atoms with Crippen LogP contribution in [0.3, 0.4) is 0 Å². The Hall–Kier alpha value is -2.54. The number of hydrogen-bond acceptors (Lipinski definition) is 4. The van der Waals surface area contributed by atoms with E-state index in [1.807, 2.05) is 6.07 Å². The maximum Gasteiger partial charge on any atom is 0.261 e. The first-order valence-electron chi connectivity index (χ1n) is 9.61. The van der Waals surface area contributed by atoms with E-state index >= 15 is 0 Å². The molecule has 1 N–H and O–H groups in total. The zero-order chi connectivity index (χ0) is 19.7. The number of aryl methyl sites for hydroxylation is 2. The number of carbonyl (C=O) groups is 1. The highest BCUT2D eigenvalue weighted by Crippen LogP contribution is 2.34. The molecule has 2 aliphatic rings. The van der Waals surface area contributed by atoms with Gasteiger partial charge in [0.25, 0.3) is 10.0 Å². The molecule has 0 atom stereocenters. The fraction of sp³-hybridized carbons (Fsp3) is 0.381. The van der Waals surface area contributed by atoms with E-state index in [1.54, 1.807) is 35.2 Å². The summed E-state index contributed by atoms with van der Waals surface area (Å²) in [5.41, 5.74) is 3.44. The Morgan fingerprint density at radius 2 is 1.75 bits per heavy atom. The van der Waals surface area contributed by atoms with Crippen molar-refractivity contribution in [1.29, 1.82) is 0 Å². The van der Waals surface area contributed by atoms with E-state index < -0.39 is 10.0 Å². The third-order valence-electron chi connectivity index (χ3n) is 5.43. The van der Waals surface area contributed by atoms with E-state index in [0.29, 0.717) is 30.1 Å². The zero-order valence-electron chi connectivity index (χ0n) is 15.9. The predicted molar refractivity (Wildman–Crippen MR) is 108 cm³/mol. The van der Waals surface area contributed by atoms with Crippen LogP contribution in [0.1, 0.15) is 36.8 Å². The summed E-state index contributed by atoms with van der Waals surface area (Å²) in [6.45, 7) is 0.648. The van der Waals surface area contributed by atoms with E-state index in [-0.39, 0.29) is 10.8 Å². The minimum atomic E-state index is -3.70. The monoisotopic (exact) mass is 400 g/mol. The topological polar surface area (TPSA) is 75.7 Å². The first kappa shape index (κ1) is 18.8. The van der Waals surface area contributed by atoms with Gasteiger partial charge in [-0.25, -0.2) is 8.42 Å². The molecule has 4 rings (SSSR count). The highest BCUT2D eigenvalue weighted by Gasteiger charge is 2.25. The zero-order valence-corrected chi connectivity index (χ0v) is 16.7. The molecule has 148 valence electrons. The Balaban J connectivity index is 1.60. The molecule has 0 aromatic heterocycles. The molecule has 1 heterocycles. The van der Waals surface area contributed by atoms with Crippen molar-refractivity contribution in [2.75, 3.05) is 23.3 Å². The molecule has 1 fully saturated rings. The number of nitrogens with zero attached hydrogens (tertiary/aromatic N) is 1. The summed E-state index contributed by atoms with van der Waals surface area (Å²) < 4.78 is 33.8. The molecule has 1 saturated heterocycles. The Bertz CT molecular complexity index is 1020. The number of benzene rings is 2. The molecule has 1 amide bonds. The van der Waals surface area contributed by atoms with Gasteiger partial charge >= 0.3 is 0 Å². The molecule has 2 aromatic carbocycles. The van der Waals surface area contributed by atoms with Gasteiger partial charge in [-0.1, -0.05) is 6.07 Å². The van der Waals surface area contributed by atoms with Gasteiger partial charge in [0.15, 0.2) is 0 Å². The molecule has 0 bridgehead atoms. The molecule has 6 nitrogen and oxygen atoms in total. The molecule has 0 spiro atoms. The summed E-state index contributed by atoms with van der Waals surface area (Å²) in [5, 5.41) is 0. The van der Waals surface area contributed by atoms with Crippen molar-refractivity contribution in [3.63, 3.8) is 0 Å². The molecular weight excluding hydrogens is 376 g/mol. The van der Waals surface area contributed by atoms with Gasteiger partial charge in [0.1, 0.15) is 5.75 Å². The van der Waals surface area contributed by atoms with Crippen LogP contribution in [0.5, 0.6) is 5.75 Å². The molecule has 28 heavy (non-hydrogen) atoms. The van der Waals surface area contributed by atoms with Crippen LogP contribution in [-0.4, -0.2) is 28.0 Å². The summed E-state index contributed by atoms with van der Waals surface area (Å²) >= 11 is 0. The van der Waals surface area contributed by atoms with Gasteiger partial charge in [0.2, 0.25) is 5.91 Å². The van der Waals surface area contributed by atoms with Crippen molar-refractivity contribution >= 4 is 27.3 Å². The summed E-state index contributed by atoms with van der Waals surface area (Å²) in [6, 6.07) is 10.4. The molecule has 0 radical (unpaired) electrons. The van der Waals surface area contributed by atoms with E-state index in [4.69, 9.17) is 4.74 Å². The fourth-order valence-electron chi connectivity index (χ4n) is 3.96. The largest absolute Gasteiger partial charge is 0.494 e. The molecule has 1 aliphatic carbocycles. The number of rotatable bonds is 5. The van der Waals surface area contributed by atoms with Gasteiger partial charge in [-0.2, -0.15) is 0 Å². The first-order valence-corrected chi connectivity index (χ1v) is 11.1. The van der Waals surface area contributed by atoms with Crippen LogP contribution in [0.25, 0.3) is 0 Å². The lowest BCUT2D eigenvalue weighted by atomic mass is 9.92. The Labute approximate surface area is 165 Å². The van der Waals surface area contributed by atoms with Crippen molar-refractivity contribution in [1.82, 2.24) is 0 Å². The summed E-state index contributed by atoms with van der Waals surface area (Å²) in [5.74, 6) is 0.529. The summed E-state index contributed by atoms with van der Waals surface area (Å²) in [7, 11) is -2.19. The number of anilines is 2. The van der Waals surface area contributed by atoms with E-state index in [9.17, 15) is 13.2 Å². The van der Waals surface area contributed by atoms with Crippen LogP contribution in [0.4, 0.5) is 11.4 Å². The standard InChI is InChI=1S/C21H24N2O4S/c1-27-20-14-17(9-11-19(20)23-12-4-7-21(23)24)22-28(25,26)18-10-8-15-5-2-3-6-16(15)13-18/h8-11,13-14,22H,2-7,12H2,1H3. The van der Waals surface area contributed by atoms with Gasteiger partial charge in [0.05, 0.1) is 23.4 Å². The van der Waals surface area contributed by atoms with Crippen molar-refractivity contribution in [2.45, 2.75) is 43.4 Å². The predicted octanol–water partition coefficient (Wildman–Crippen LogP) is 3.50. The fourth-order valence-corrected chi connectivity index (χ4v) is 5.06. The smallest absolute Gasteiger partial charge is 0.261 e. The van der Waals surface area contributed by atoms with Crippen LogP contribution >= 0.6 is 0 Å². The minimum Gasteiger partial charge on any atom is -0.494 e. The highest BCUT2D eigenvalue weighted by molar-refractivity contribution is 7.92. The van der Waals surface area contributed by atoms with Crippen LogP contribution < -0.4 is 14.4 Å². The summed E-state index contributed by atoms with van der Waals surface area (Å²) in [4.78, 5) is 14.0. The second kappa shape index (κ2) is 7.47. The first-order chi connectivity index (χ1) is 13.5. The van der Waals surface area contributed by atoms with Gasteiger partial charge in [0, 0.05) is 19.0 Å². The van der Waals surface area contributed by atoms with Crippen LogP contribution in [0.2, 0.25) is 0 Å². The quantitative estimate of drug-likeness (QED) is 0.833. The molecule has 0 unspecified atom stereocenters. The lowest BCUT2D eigenvalue weighted by Crippen LogP contribution is -2.24. The lowest BCUT2D eigenvalue weighted by molar-refractivity contribution is -0.117. The number of carbonyl (C=O) groups excluding carboxylic acids is 1. The van der Waals surface area contributed by atoms with Gasteiger partial charge in [-0.15, -0.1) is 0 Å². The van der Waals surface area contributed by atoms with Crippen molar-refractivity contribution in [3.8, 4) is 5.75 Å². The van der Waals surface area contributed by atoms with Gasteiger partial charge in [-0.05, 0) is 67.5 Å². The third-order valence-corrected chi connectivity index (χ3v) is 6.81. The molecule has 7 heteroatoms. The van der Waals surface area contributed by atoms with Crippen LogP contribution in [0, 0.1) is 0 Å². The second-order valence-corrected chi connectivity index (χ2v) is 8.96. The van der Waals surface area contributed by atoms with E-state index in [0.717, 1.165) is 37.7 Å². The second-order valence-electron chi connectivity index (χ2n) is 7.28. The van der Waals surface area contributed by atoms with Crippen molar-refractivity contribution < 1.29 is 17.9 Å². The van der Waals surface area contributed by atoms with Gasteiger partial charge < -0.3 is 9.64 Å². The van der Waals surface area contributed by atoms with E-state index in [1.165, 1.54) is 12.7 Å². The number of fused-ring (bicyclic) bond motifs is 1. The number of methoxy groups -OCH3 is 1. The summed E-state index contributed by atoms with van der Waals surface area (Å²) in [6.07, 6.45) is 5.52. The number of ether oxygens (including phenoxy) is 1.